The van der Waals surface area contributed by atoms with Crippen molar-refractivity contribution in [2.24, 2.45) is 23.2 Å². The minimum atomic E-state index is -0.611. The summed E-state index contributed by atoms with van der Waals surface area (Å²) in [7, 11) is 1.36. The molecule has 4 fully saturated rings. The standard InChI is InChI=1S/C20H25FN2O3/c1-26-17-3-2-15(7-16(17)21)19(25)23-22-18(24)11-20-8-12-4-13(9-20)6-14(5-12)10-20/h2-3,7,12-14H,4-6,8-11H2,1H3,(H,22,24)(H,23,25). The summed E-state index contributed by atoms with van der Waals surface area (Å²) in [4.78, 5) is 24.5. The predicted molar refractivity (Wildman–Crippen MR) is 93.8 cm³/mol. The molecule has 26 heavy (non-hydrogen) atoms. The summed E-state index contributed by atoms with van der Waals surface area (Å²) >= 11 is 0. The summed E-state index contributed by atoms with van der Waals surface area (Å²) in [5.41, 5.74) is 5.17. The van der Waals surface area contributed by atoms with Crippen molar-refractivity contribution in [1.29, 1.82) is 0 Å². The van der Waals surface area contributed by atoms with Crippen LogP contribution in [0.3, 0.4) is 0 Å². The molecule has 5 nitrogen and oxygen atoms in total. The molecular formula is C20H25FN2O3. The van der Waals surface area contributed by atoms with E-state index in [4.69, 9.17) is 4.74 Å². The van der Waals surface area contributed by atoms with Gasteiger partial charge in [0.05, 0.1) is 7.11 Å². The van der Waals surface area contributed by atoms with E-state index in [2.05, 4.69) is 10.9 Å². The highest BCUT2D eigenvalue weighted by Gasteiger charge is 2.51. The molecule has 4 aliphatic rings. The zero-order valence-corrected chi connectivity index (χ0v) is 15.0. The van der Waals surface area contributed by atoms with Crippen molar-refractivity contribution in [1.82, 2.24) is 10.9 Å². The van der Waals surface area contributed by atoms with Crippen molar-refractivity contribution < 1.29 is 18.7 Å². The number of hydrogen-bond donors (Lipinski definition) is 2. The normalized spacial score (nSPS) is 31.5. The Kier molecular flexibility index (Phi) is 4.37. The van der Waals surface area contributed by atoms with Crippen LogP contribution in [0.25, 0.3) is 0 Å². The van der Waals surface area contributed by atoms with Crippen LogP contribution in [0, 0.1) is 29.0 Å². The van der Waals surface area contributed by atoms with Crippen LogP contribution in [-0.4, -0.2) is 18.9 Å². The molecule has 4 bridgehead atoms. The van der Waals surface area contributed by atoms with E-state index in [1.54, 1.807) is 0 Å². The van der Waals surface area contributed by atoms with E-state index in [0.717, 1.165) is 43.1 Å². The molecule has 0 spiro atoms. The maximum Gasteiger partial charge on any atom is 0.269 e. The molecule has 0 unspecified atom stereocenters. The monoisotopic (exact) mass is 360 g/mol. The predicted octanol–water partition coefficient (Wildman–Crippen LogP) is 3.20. The molecule has 5 rings (SSSR count). The molecule has 140 valence electrons. The topological polar surface area (TPSA) is 67.4 Å². The number of nitrogens with one attached hydrogen (secondary N) is 2. The van der Waals surface area contributed by atoms with Gasteiger partial charge < -0.3 is 4.74 Å². The van der Waals surface area contributed by atoms with Crippen LogP contribution >= 0.6 is 0 Å². The zero-order chi connectivity index (χ0) is 18.3. The fourth-order valence-corrected chi connectivity index (χ4v) is 5.90. The second-order valence-electron chi connectivity index (χ2n) is 8.45. The van der Waals surface area contributed by atoms with Crippen LogP contribution in [0.5, 0.6) is 5.75 Å². The van der Waals surface area contributed by atoms with E-state index >= 15 is 0 Å². The van der Waals surface area contributed by atoms with E-state index in [1.807, 2.05) is 0 Å². The molecule has 0 saturated heterocycles. The molecule has 2 amide bonds. The van der Waals surface area contributed by atoms with Crippen molar-refractivity contribution in [2.75, 3.05) is 7.11 Å². The van der Waals surface area contributed by atoms with Gasteiger partial charge in [-0.15, -0.1) is 0 Å². The number of hydrazine groups is 1. The number of amides is 2. The number of hydrogen-bond acceptors (Lipinski definition) is 3. The van der Waals surface area contributed by atoms with Crippen LogP contribution in [0.4, 0.5) is 4.39 Å². The van der Waals surface area contributed by atoms with Crippen molar-refractivity contribution in [2.45, 2.75) is 44.9 Å². The van der Waals surface area contributed by atoms with Gasteiger partial charge in [-0.1, -0.05) is 0 Å². The highest BCUT2D eigenvalue weighted by atomic mass is 19.1. The van der Waals surface area contributed by atoms with E-state index < -0.39 is 11.7 Å². The van der Waals surface area contributed by atoms with Gasteiger partial charge in [-0.05, 0) is 79.9 Å². The number of benzene rings is 1. The highest BCUT2D eigenvalue weighted by Crippen LogP contribution is 2.61. The third kappa shape index (κ3) is 3.29. The number of carbonyl (C=O) groups is 2. The molecule has 0 aliphatic heterocycles. The molecule has 0 atom stereocenters. The third-order valence-electron chi connectivity index (χ3n) is 6.43. The van der Waals surface area contributed by atoms with Gasteiger partial charge in [0.2, 0.25) is 5.91 Å². The van der Waals surface area contributed by atoms with E-state index in [0.29, 0.717) is 6.42 Å². The van der Waals surface area contributed by atoms with Crippen molar-refractivity contribution in [3.63, 3.8) is 0 Å². The van der Waals surface area contributed by atoms with Gasteiger partial charge in [0.1, 0.15) is 0 Å². The molecule has 0 heterocycles. The van der Waals surface area contributed by atoms with Crippen LogP contribution in [-0.2, 0) is 4.79 Å². The number of ether oxygens (including phenoxy) is 1. The summed E-state index contributed by atoms with van der Waals surface area (Å²) in [6, 6.07) is 3.95. The first-order valence-electron chi connectivity index (χ1n) is 9.39. The lowest BCUT2D eigenvalue weighted by Crippen LogP contribution is -2.50. The summed E-state index contributed by atoms with van der Waals surface area (Å²) in [6.45, 7) is 0. The van der Waals surface area contributed by atoms with Crippen LogP contribution in [0.2, 0.25) is 0 Å². The van der Waals surface area contributed by atoms with Gasteiger partial charge in [-0.25, -0.2) is 4.39 Å². The Hall–Kier alpha value is -2.11. The highest BCUT2D eigenvalue weighted by molar-refractivity contribution is 5.95. The van der Waals surface area contributed by atoms with Gasteiger partial charge in [0.15, 0.2) is 11.6 Å². The molecule has 1 aromatic carbocycles. The first-order valence-corrected chi connectivity index (χ1v) is 9.39. The van der Waals surface area contributed by atoms with Gasteiger partial charge >= 0.3 is 0 Å². The molecule has 1 aromatic rings. The fraction of sp³-hybridized carbons (Fsp3) is 0.600. The molecule has 6 heteroatoms. The largest absolute Gasteiger partial charge is 0.494 e. The zero-order valence-electron chi connectivity index (χ0n) is 15.0. The number of methoxy groups -OCH3 is 1. The Bertz CT molecular complexity index is 698. The Morgan fingerprint density at radius 3 is 2.27 bits per heavy atom. The first kappa shape index (κ1) is 17.3. The van der Waals surface area contributed by atoms with E-state index in [9.17, 15) is 14.0 Å². The van der Waals surface area contributed by atoms with Crippen LogP contribution in [0.1, 0.15) is 55.3 Å². The van der Waals surface area contributed by atoms with E-state index in [1.165, 1.54) is 38.5 Å². The number of rotatable bonds is 4. The van der Waals surface area contributed by atoms with Crippen LogP contribution in [0.15, 0.2) is 18.2 Å². The molecule has 0 radical (unpaired) electrons. The lowest BCUT2D eigenvalue weighted by molar-refractivity contribution is -0.130. The molecule has 0 aromatic heterocycles. The lowest BCUT2D eigenvalue weighted by atomic mass is 9.49. The summed E-state index contributed by atoms with van der Waals surface area (Å²) in [6.07, 6.45) is 7.90. The Morgan fingerprint density at radius 2 is 1.73 bits per heavy atom. The maximum absolute atomic E-state index is 13.7. The molecular weight excluding hydrogens is 335 g/mol. The van der Waals surface area contributed by atoms with Gasteiger partial charge in [0.25, 0.3) is 5.91 Å². The average Bonchev–Trinajstić information content (AvgIpc) is 2.58. The second-order valence-corrected chi connectivity index (χ2v) is 8.45. The number of carbonyl (C=O) groups excluding carboxylic acids is 2. The minimum absolute atomic E-state index is 0.0763. The van der Waals surface area contributed by atoms with E-state index in [-0.39, 0.29) is 22.6 Å². The van der Waals surface area contributed by atoms with Gasteiger partial charge in [-0.2, -0.15) is 0 Å². The molecule has 4 saturated carbocycles. The summed E-state index contributed by atoms with van der Waals surface area (Å²) in [5, 5.41) is 0. The second kappa shape index (κ2) is 6.56. The lowest BCUT2D eigenvalue weighted by Gasteiger charge is -2.56. The Morgan fingerprint density at radius 1 is 1.12 bits per heavy atom. The quantitative estimate of drug-likeness (QED) is 0.811. The minimum Gasteiger partial charge on any atom is -0.494 e. The van der Waals surface area contributed by atoms with Crippen LogP contribution < -0.4 is 15.6 Å². The fourth-order valence-electron chi connectivity index (χ4n) is 5.90. The summed E-state index contributed by atoms with van der Waals surface area (Å²) < 4.78 is 18.5. The first-order chi connectivity index (χ1) is 12.5. The smallest absolute Gasteiger partial charge is 0.269 e. The van der Waals surface area contributed by atoms with Gasteiger partial charge in [-0.3, -0.25) is 20.4 Å². The third-order valence-corrected chi connectivity index (χ3v) is 6.43. The summed E-state index contributed by atoms with van der Waals surface area (Å²) in [5.74, 6) is 1.12. The Labute approximate surface area is 152 Å². The Balaban J connectivity index is 1.33. The maximum atomic E-state index is 13.7. The van der Waals surface area contributed by atoms with Crippen molar-refractivity contribution in [3.05, 3.63) is 29.6 Å². The average molecular weight is 360 g/mol. The van der Waals surface area contributed by atoms with Crippen molar-refractivity contribution >= 4 is 11.8 Å². The van der Waals surface area contributed by atoms with Crippen molar-refractivity contribution in [3.8, 4) is 5.75 Å². The molecule has 2 N–H and O–H groups in total. The number of halogens is 1. The molecule has 4 aliphatic carbocycles. The SMILES string of the molecule is COc1ccc(C(=O)NNC(=O)CC23CC4CC(CC(C4)C2)C3)cc1F. The van der Waals surface area contributed by atoms with Gasteiger partial charge in [0, 0.05) is 12.0 Å².